The van der Waals surface area contributed by atoms with Gasteiger partial charge in [0.2, 0.25) is 0 Å². The van der Waals surface area contributed by atoms with Gasteiger partial charge in [-0.2, -0.15) is 0 Å². The van der Waals surface area contributed by atoms with Crippen molar-refractivity contribution in [2.24, 2.45) is 5.73 Å². The van der Waals surface area contributed by atoms with Gasteiger partial charge in [-0.15, -0.1) is 0 Å². The smallest absolute Gasteiger partial charge is 0.124 e. The molecule has 2 rings (SSSR count). The van der Waals surface area contributed by atoms with Crippen LogP contribution in [0.1, 0.15) is 17.5 Å². The average Bonchev–Trinajstić information content (AvgIpc) is 2.42. The minimum absolute atomic E-state index is 0.0715. The minimum Gasteiger partial charge on any atom is -0.494 e. The maximum atomic E-state index is 13.0. The molecule has 0 aliphatic carbocycles. The van der Waals surface area contributed by atoms with Gasteiger partial charge in [0.1, 0.15) is 11.6 Å². The van der Waals surface area contributed by atoms with Gasteiger partial charge in [-0.1, -0.05) is 29.8 Å². The molecule has 2 aromatic rings. The highest BCUT2D eigenvalue weighted by atomic mass is 35.5. The Morgan fingerprint density at radius 1 is 1.24 bits per heavy atom. The second-order valence-electron chi connectivity index (χ2n) is 5.15. The molecule has 0 fully saturated rings. The normalized spacial score (nSPS) is 12.2. The Hall–Kier alpha value is -1.58. The van der Waals surface area contributed by atoms with Crippen molar-refractivity contribution >= 4 is 11.6 Å². The van der Waals surface area contributed by atoms with E-state index in [4.69, 9.17) is 22.1 Å². The van der Waals surface area contributed by atoms with E-state index in [-0.39, 0.29) is 11.9 Å². The molecular weight excluding hydrogens is 289 g/mol. The van der Waals surface area contributed by atoms with Crippen molar-refractivity contribution in [3.8, 4) is 5.75 Å². The molecular formula is C17H19ClFNO. The molecule has 112 valence electrons. The lowest BCUT2D eigenvalue weighted by molar-refractivity contribution is 0.297. The molecule has 0 heterocycles. The summed E-state index contributed by atoms with van der Waals surface area (Å²) in [4.78, 5) is 0. The SMILES string of the molecule is Cc1cccc(OCCC(N)Cc2ccc(F)cc2Cl)c1. The first-order valence-corrected chi connectivity index (χ1v) is 7.31. The number of hydrogen-bond donors (Lipinski definition) is 1. The highest BCUT2D eigenvalue weighted by Crippen LogP contribution is 2.19. The van der Waals surface area contributed by atoms with Crippen LogP contribution in [0.2, 0.25) is 5.02 Å². The summed E-state index contributed by atoms with van der Waals surface area (Å²) < 4.78 is 18.6. The number of nitrogens with two attached hydrogens (primary N) is 1. The summed E-state index contributed by atoms with van der Waals surface area (Å²) in [5.74, 6) is 0.516. The zero-order valence-corrected chi connectivity index (χ0v) is 12.7. The molecule has 0 saturated carbocycles. The lowest BCUT2D eigenvalue weighted by atomic mass is 10.0. The van der Waals surface area contributed by atoms with E-state index < -0.39 is 0 Å². The molecule has 1 unspecified atom stereocenters. The molecule has 0 spiro atoms. The lowest BCUT2D eigenvalue weighted by Gasteiger charge is -2.14. The van der Waals surface area contributed by atoms with E-state index in [0.717, 1.165) is 16.9 Å². The van der Waals surface area contributed by atoms with Gasteiger partial charge in [-0.25, -0.2) is 4.39 Å². The van der Waals surface area contributed by atoms with Crippen LogP contribution < -0.4 is 10.5 Å². The van der Waals surface area contributed by atoms with Crippen molar-refractivity contribution in [1.29, 1.82) is 0 Å². The van der Waals surface area contributed by atoms with Gasteiger partial charge in [0, 0.05) is 11.1 Å². The third kappa shape index (κ3) is 5.03. The van der Waals surface area contributed by atoms with Gasteiger partial charge < -0.3 is 10.5 Å². The van der Waals surface area contributed by atoms with E-state index in [1.807, 2.05) is 31.2 Å². The Labute approximate surface area is 129 Å². The molecule has 0 bridgehead atoms. The predicted octanol–water partition coefficient (Wildman–Crippen LogP) is 4.13. The fourth-order valence-corrected chi connectivity index (χ4v) is 2.35. The zero-order chi connectivity index (χ0) is 15.2. The molecule has 21 heavy (non-hydrogen) atoms. The molecule has 0 aliphatic heterocycles. The Morgan fingerprint density at radius 2 is 2.05 bits per heavy atom. The van der Waals surface area contributed by atoms with Crippen LogP contribution in [0.15, 0.2) is 42.5 Å². The van der Waals surface area contributed by atoms with Gasteiger partial charge in [0.15, 0.2) is 0 Å². The van der Waals surface area contributed by atoms with Crippen molar-refractivity contribution in [3.63, 3.8) is 0 Å². The minimum atomic E-state index is -0.333. The molecule has 2 N–H and O–H groups in total. The topological polar surface area (TPSA) is 35.2 Å². The second kappa shape index (κ2) is 7.43. The Morgan fingerprint density at radius 3 is 2.76 bits per heavy atom. The fraction of sp³-hybridized carbons (Fsp3) is 0.294. The van der Waals surface area contributed by atoms with Gasteiger partial charge >= 0.3 is 0 Å². The zero-order valence-electron chi connectivity index (χ0n) is 12.0. The maximum absolute atomic E-state index is 13.0. The fourth-order valence-electron chi connectivity index (χ4n) is 2.11. The predicted molar refractivity (Wildman–Crippen MR) is 84.4 cm³/mol. The number of benzene rings is 2. The van der Waals surface area contributed by atoms with E-state index >= 15 is 0 Å². The molecule has 0 radical (unpaired) electrons. The Balaban J connectivity index is 1.81. The standard InChI is InChI=1S/C17H19ClFNO/c1-12-3-2-4-16(9-12)21-8-7-15(20)10-13-5-6-14(19)11-17(13)18/h2-6,9,11,15H,7-8,10,20H2,1H3. The number of halogens is 2. The van der Waals surface area contributed by atoms with Crippen molar-refractivity contribution < 1.29 is 9.13 Å². The number of ether oxygens (including phenoxy) is 1. The average molecular weight is 308 g/mol. The molecule has 0 aromatic heterocycles. The van der Waals surface area contributed by atoms with Crippen molar-refractivity contribution in [1.82, 2.24) is 0 Å². The van der Waals surface area contributed by atoms with Crippen LogP contribution in [0.5, 0.6) is 5.75 Å². The first-order chi connectivity index (χ1) is 10.0. The van der Waals surface area contributed by atoms with Crippen LogP contribution in [-0.4, -0.2) is 12.6 Å². The van der Waals surface area contributed by atoms with E-state index in [1.165, 1.54) is 12.1 Å². The van der Waals surface area contributed by atoms with Gasteiger partial charge in [0.25, 0.3) is 0 Å². The highest BCUT2D eigenvalue weighted by molar-refractivity contribution is 6.31. The summed E-state index contributed by atoms with van der Waals surface area (Å²) in [7, 11) is 0. The third-order valence-corrected chi connectivity index (χ3v) is 3.60. The highest BCUT2D eigenvalue weighted by Gasteiger charge is 2.08. The second-order valence-corrected chi connectivity index (χ2v) is 5.56. The van der Waals surface area contributed by atoms with E-state index in [1.54, 1.807) is 6.07 Å². The van der Waals surface area contributed by atoms with Crippen LogP contribution in [0.4, 0.5) is 4.39 Å². The summed E-state index contributed by atoms with van der Waals surface area (Å²) in [5.41, 5.74) is 8.10. The Bertz CT molecular complexity index is 603. The van der Waals surface area contributed by atoms with Crippen LogP contribution in [-0.2, 0) is 6.42 Å². The quantitative estimate of drug-likeness (QED) is 0.871. The number of hydrogen-bond acceptors (Lipinski definition) is 2. The van der Waals surface area contributed by atoms with Crippen LogP contribution in [0.25, 0.3) is 0 Å². The number of rotatable bonds is 6. The molecule has 2 aromatic carbocycles. The van der Waals surface area contributed by atoms with Crippen molar-refractivity contribution in [3.05, 3.63) is 64.4 Å². The van der Waals surface area contributed by atoms with E-state index in [9.17, 15) is 4.39 Å². The van der Waals surface area contributed by atoms with Gasteiger partial charge in [-0.3, -0.25) is 0 Å². The Kier molecular flexibility index (Phi) is 5.59. The van der Waals surface area contributed by atoms with E-state index in [0.29, 0.717) is 24.5 Å². The molecule has 0 amide bonds. The monoisotopic (exact) mass is 307 g/mol. The molecule has 2 nitrogen and oxygen atoms in total. The van der Waals surface area contributed by atoms with Crippen molar-refractivity contribution in [2.75, 3.05) is 6.61 Å². The van der Waals surface area contributed by atoms with Crippen molar-refractivity contribution in [2.45, 2.75) is 25.8 Å². The largest absolute Gasteiger partial charge is 0.494 e. The maximum Gasteiger partial charge on any atom is 0.124 e. The van der Waals surface area contributed by atoms with Crippen LogP contribution >= 0.6 is 11.6 Å². The first-order valence-electron chi connectivity index (χ1n) is 6.93. The number of aryl methyl sites for hydroxylation is 1. The lowest BCUT2D eigenvalue weighted by Crippen LogP contribution is -2.25. The molecule has 0 saturated heterocycles. The van der Waals surface area contributed by atoms with Gasteiger partial charge in [-0.05, 0) is 55.2 Å². The first kappa shape index (κ1) is 15.8. The third-order valence-electron chi connectivity index (χ3n) is 3.24. The molecule has 0 aliphatic rings. The molecule has 4 heteroatoms. The van der Waals surface area contributed by atoms with Gasteiger partial charge in [0.05, 0.1) is 6.61 Å². The van der Waals surface area contributed by atoms with E-state index in [2.05, 4.69) is 0 Å². The summed E-state index contributed by atoms with van der Waals surface area (Å²) >= 11 is 5.99. The van der Waals surface area contributed by atoms with Crippen LogP contribution in [0, 0.1) is 12.7 Å². The van der Waals surface area contributed by atoms with Crippen LogP contribution in [0.3, 0.4) is 0 Å². The molecule has 1 atom stereocenters. The summed E-state index contributed by atoms with van der Waals surface area (Å²) in [6.07, 6.45) is 1.32. The summed E-state index contributed by atoms with van der Waals surface area (Å²) in [5, 5.41) is 0.421. The summed E-state index contributed by atoms with van der Waals surface area (Å²) in [6, 6.07) is 12.2. The summed E-state index contributed by atoms with van der Waals surface area (Å²) in [6.45, 7) is 2.57.